The smallest absolute Gasteiger partial charge is 0.212 e. The highest BCUT2D eigenvalue weighted by Crippen LogP contribution is 2.22. The van der Waals surface area contributed by atoms with Crippen LogP contribution in [0.25, 0.3) is 10.8 Å². The Labute approximate surface area is 151 Å². The number of sulfonamides is 1. The fourth-order valence-electron chi connectivity index (χ4n) is 2.44. The SMILES string of the molecule is O=S(=O)(Cc1ccc(Cl)cc1Cl)NCc1ccc2ccccc2c1. The predicted molar refractivity (Wildman–Crippen MR) is 99.9 cm³/mol. The van der Waals surface area contributed by atoms with Crippen molar-refractivity contribution < 1.29 is 8.42 Å². The van der Waals surface area contributed by atoms with Crippen molar-refractivity contribution in [2.24, 2.45) is 0 Å². The van der Waals surface area contributed by atoms with E-state index in [0.29, 0.717) is 15.6 Å². The predicted octanol–water partition coefficient (Wildman–Crippen LogP) is 4.77. The standard InChI is InChI=1S/C18H15Cl2NO2S/c19-17-8-7-16(18(20)10-17)12-24(22,23)21-11-13-5-6-14-3-1-2-4-15(14)9-13/h1-10,21H,11-12H2. The van der Waals surface area contributed by atoms with Crippen LogP contribution in [0.4, 0.5) is 0 Å². The average molecular weight is 380 g/mol. The summed E-state index contributed by atoms with van der Waals surface area (Å²) < 4.78 is 27.2. The third kappa shape index (κ3) is 4.28. The Morgan fingerprint density at radius 3 is 2.38 bits per heavy atom. The first-order chi connectivity index (χ1) is 11.4. The minimum atomic E-state index is -3.50. The quantitative estimate of drug-likeness (QED) is 0.693. The van der Waals surface area contributed by atoms with Gasteiger partial charge in [0.2, 0.25) is 10.0 Å². The maximum atomic E-state index is 12.3. The van der Waals surface area contributed by atoms with E-state index in [1.165, 1.54) is 6.07 Å². The monoisotopic (exact) mass is 379 g/mol. The molecule has 6 heteroatoms. The van der Waals surface area contributed by atoms with Crippen LogP contribution in [0.15, 0.2) is 60.7 Å². The maximum Gasteiger partial charge on any atom is 0.216 e. The van der Waals surface area contributed by atoms with Crippen LogP contribution in [-0.4, -0.2) is 8.42 Å². The van der Waals surface area contributed by atoms with E-state index in [1.807, 2.05) is 42.5 Å². The Morgan fingerprint density at radius 1 is 0.875 bits per heavy atom. The summed E-state index contributed by atoms with van der Waals surface area (Å²) in [6, 6.07) is 18.6. The van der Waals surface area contributed by atoms with Gasteiger partial charge in [-0.1, -0.05) is 65.7 Å². The molecule has 0 atom stereocenters. The third-order valence-corrected chi connectivity index (χ3v) is 5.53. The largest absolute Gasteiger partial charge is 0.216 e. The molecule has 0 radical (unpaired) electrons. The fraction of sp³-hybridized carbons (Fsp3) is 0.111. The molecular weight excluding hydrogens is 365 g/mol. The Hall–Kier alpha value is -1.59. The summed E-state index contributed by atoms with van der Waals surface area (Å²) in [4.78, 5) is 0. The molecule has 0 aliphatic carbocycles. The fourth-order valence-corrected chi connectivity index (χ4v) is 4.14. The average Bonchev–Trinajstić information content (AvgIpc) is 2.55. The molecule has 3 nitrogen and oxygen atoms in total. The van der Waals surface area contributed by atoms with Crippen molar-refractivity contribution >= 4 is 44.0 Å². The van der Waals surface area contributed by atoms with E-state index in [0.717, 1.165) is 16.3 Å². The molecule has 0 saturated carbocycles. The molecule has 0 fully saturated rings. The highest BCUT2D eigenvalue weighted by molar-refractivity contribution is 7.88. The Bertz CT molecular complexity index is 987. The molecular formula is C18H15Cl2NO2S. The van der Waals surface area contributed by atoms with E-state index in [4.69, 9.17) is 23.2 Å². The summed E-state index contributed by atoms with van der Waals surface area (Å²) in [5.41, 5.74) is 1.42. The van der Waals surface area contributed by atoms with Crippen LogP contribution >= 0.6 is 23.2 Å². The van der Waals surface area contributed by atoms with E-state index in [2.05, 4.69) is 4.72 Å². The summed E-state index contributed by atoms with van der Waals surface area (Å²) in [5, 5.41) is 3.02. The van der Waals surface area contributed by atoms with Gasteiger partial charge in [-0.3, -0.25) is 0 Å². The lowest BCUT2D eigenvalue weighted by molar-refractivity contribution is 0.580. The van der Waals surface area contributed by atoms with Crippen molar-refractivity contribution in [3.63, 3.8) is 0 Å². The van der Waals surface area contributed by atoms with Gasteiger partial charge in [0, 0.05) is 16.6 Å². The van der Waals surface area contributed by atoms with E-state index in [9.17, 15) is 8.42 Å². The summed E-state index contributed by atoms with van der Waals surface area (Å²) in [5.74, 6) is -0.184. The van der Waals surface area contributed by atoms with Crippen molar-refractivity contribution in [3.05, 3.63) is 81.8 Å². The number of hydrogen-bond acceptors (Lipinski definition) is 2. The number of halogens is 2. The van der Waals surface area contributed by atoms with Crippen LogP contribution in [-0.2, 0) is 22.3 Å². The zero-order chi connectivity index (χ0) is 17.2. The second-order valence-electron chi connectivity index (χ2n) is 5.50. The minimum absolute atomic E-state index is 0.184. The van der Waals surface area contributed by atoms with Gasteiger partial charge >= 0.3 is 0 Å². The summed E-state index contributed by atoms with van der Waals surface area (Å²) in [6.07, 6.45) is 0. The molecule has 24 heavy (non-hydrogen) atoms. The van der Waals surface area contributed by atoms with Crippen LogP contribution in [0.3, 0.4) is 0 Å². The third-order valence-electron chi connectivity index (χ3n) is 3.67. The first-order valence-corrected chi connectivity index (χ1v) is 9.73. The maximum absolute atomic E-state index is 12.3. The number of nitrogens with one attached hydrogen (secondary N) is 1. The van der Waals surface area contributed by atoms with E-state index in [1.54, 1.807) is 12.1 Å². The molecule has 1 N–H and O–H groups in total. The lowest BCUT2D eigenvalue weighted by Crippen LogP contribution is -2.24. The normalized spacial score (nSPS) is 11.8. The number of rotatable bonds is 5. The summed E-state index contributed by atoms with van der Waals surface area (Å²) >= 11 is 11.9. The molecule has 0 bridgehead atoms. The second-order valence-corrected chi connectivity index (χ2v) is 8.15. The topological polar surface area (TPSA) is 46.2 Å². The van der Waals surface area contributed by atoms with Crippen molar-refractivity contribution in [3.8, 4) is 0 Å². The molecule has 3 aromatic carbocycles. The molecule has 0 spiro atoms. The molecule has 0 aliphatic heterocycles. The Kier molecular flexibility index (Phi) is 5.11. The van der Waals surface area contributed by atoms with Gasteiger partial charge in [0.1, 0.15) is 0 Å². The van der Waals surface area contributed by atoms with Gasteiger partial charge in [0.05, 0.1) is 5.75 Å². The minimum Gasteiger partial charge on any atom is -0.212 e. The Balaban J connectivity index is 1.71. The zero-order valence-electron chi connectivity index (χ0n) is 12.7. The van der Waals surface area contributed by atoms with Crippen LogP contribution in [0, 0.1) is 0 Å². The lowest BCUT2D eigenvalue weighted by Gasteiger charge is -2.09. The lowest BCUT2D eigenvalue weighted by atomic mass is 10.1. The summed E-state index contributed by atoms with van der Waals surface area (Å²) in [7, 11) is -3.50. The van der Waals surface area contributed by atoms with Gasteiger partial charge in [-0.05, 0) is 40.1 Å². The van der Waals surface area contributed by atoms with Crippen molar-refractivity contribution in [2.45, 2.75) is 12.3 Å². The number of fused-ring (bicyclic) bond motifs is 1. The van der Waals surface area contributed by atoms with E-state index in [-0.39, 0.29) is 12.3 Å². The van der Waals surface area contributed by atoms with E-state index >= 15 is 0 Å². The summed E-state index contributed by atoms with van der Waals surface area (Å²) in [6.45, 7) is 0.235. The van der Waals surface area contributed by atoms with Crippen molar-refractivity contribution in [2.75, 3.05) is 0 Å². The molecule has 124 valence electrons. The second kappa shape index (κ2) is 7.11. The van der Waals surface area contributed by atoms with Crippen LogP contribution < -0.4 is 4.72 Å². The molecule has 0 aliphatic rings. The zero-order valence-corrected chi connectivity index (χ0v) is 15.0. The Morgan fingerprint density at radius 2 is 1.62 bits per heavy atom. The van der Waals surface area contributed by atoms with Gasteiger partial charge in [0.15, 0.2) is 0 Å². The van der Waals surface area contributed by atoms with Crippen LogP contribution in [0.2, 0.25) is 10.0 Å². The number of benzene rings is 3. The molecule has 0 heterocycles. The molecule has 0 unspecified atom stereocenters. The van der Waals surface area contributed by atoms with Crippen LogP contribution in [0.1, 0.15) is 11.1 Å². The van der Waals surface area contributed by atoms with Gasteiger partial charge in [-0.15, -0.1) is 0 Å². The molecule has 0 amide bonds. The van der Waals surface area contributed by atoms with Crippen LogP contribution in [0.5, 0.6) is 0 Å². The first-order valence-electron chi connectivity index (χ1n) is 7.32. The van der Waals surface area contributed by atoms with Crippen molar-refractivity contribution in [1.29, 1.82) is 0 Å². The molecule has 0 saturated heterocycles. The van der Waals surface area contributed by atoms with Gasteiger partial charge in [-0.2, -0.15) is 0 Å². The highest BCUT2D eigenvalue weighted by Gasteiger charge is 2.14. The number of hydrogen-bond donors (Lipinski definition) is 1. The van der Waals surface area contributed by atoms with Crippen molar-refractivity contribution in [1.82, 2.24) is 4.72 Å². The molecule has 3 aromatic rings. The van der Waals surface area contributed by atoms with Gasteiger partial charge in [0.25, 0.3) is 0 Å². The first kappa shape index (κ1) is 17.2. The van der Waals surface area contributed by atoms with E-state index < -0.39 is 10.0 Å². The van der Waals surface area contributed by atoms with Gasteiger partial charge in [-0.25, -0.2) is 13.1 Å². The van der Waals surface area contributed by atoms with Gasteiger partial charge < -0.3 is 0 Å². The highest BCUT2D eigenvalue weighted by atomic mass is 35.5. The molecule has 3 rings (SSSR count). The molecule has 0 aromatic heterocycles.